The SMILES string of the molecule is CCN(C(=O)C(C)n1ccnc1)C1CCN(C(C)c2ccccc2)C1. The standard InChI is InChI=1S/C20H28N4O/c1-4-24(20(25)17(3)23-13-11-21-15-23)19-10-12-22(14-19)16(2)18-8-6-5-7-9-18/h5-9,11,13,15-17,19H,4,10,12,14H2,1-3H3. The zero-order chi connectivity index (χ0) is 17.8. The van der Waals surface area contributed by atoms with Crippen LogP contribution >= 0.6 is 0 Å². The van der Waals surface area contributed by atoms with Gasteiger partial charge in [0.05, 0.1) is 6.33 Å². The van der Waals surface area contributed by atoms with Gasteiger partial charge in [0.25, 0.3) is 0 Å². The highest BCUT2D eigenvalue weighted by atomic mass is 16.2. The molecule has 0 spiro atoms. The Balaban J connectivity index is 1.66. The van der Waals surface area contributed by atoms with E-state index < -0.39 is 0 Å². The third-order valence-corrected chi connectivity index (χ3v) is 5.42. The largest absolute Gasteiger partial charge is 0.337 e. The van der Waals surface area contributed by atoms with E-state index in [0.29, 0.717) is 6.04 Å². The van der Waals surface area contributed by atoms with Crippen molar-refractivity contribution >= 4 is 5.91 Å². The van der Waals surface area contributed by atoms with Crippen LogP contribution in [0.1, 0.15) is 44.8 Å². The molecule has 1 aromatic carbocycles. The van der Waals surface area contributed by atoms with E-state index in [1.165, 1.54) is 5.56 Å². The maximum atomic E-state index is 13.0. The number of imidazole rings is 1. The van der Waals surface area contributed by atoms with Gasteiger partial charge in [-0.3, -0.25) is 9.69 Å². The fourth-order valence-corrected chi connectivity index (χ4v) is 3.78. The Morgan fingerprint density at radius 1 is 1.32 bits per heavy atom. The van der Waals surface area contributed by atoms with Crippen molar-refractivity contribution in [3.05, 3.63) is 54.6 Å². The third kappa shape index (κ3) is 3.76. The first-order chi connectivity index (χ1) is 12.1. The van der Waals surface area contributed by atoms with Crippen molar-refractivity contribution in [1.82, 2.24) is 19.4 Å². The van der Waals surface area contributed by atoms with Crippen LogP contribution in [0.4, 0.5) is 0 Å². The highest BCUT2D eigenvalue weighted by molar-refractivity contribution is 5.80. The highest BCUT2D eigenvalue weighted by Gasteiger charge is 2.34. The predicted molar refractivity (Wildman–Crippen MR) is 99.2 cm³/mol. The van der Waals surface area contributed by atoms with Gasteiger partial charge in [-0.2, -0.15) is 0 Å². The summed E-state index contributed by atoms with van der Waals surface area (Å²) in [5.41, 5.74) is 1.34. The summed E-state index contributed by atoms with van der Waals surface area (Å²) in [5.74, 6) is 0.180. The Morgan fingerprint density at radius 2 is 2.08 bits per heavy atom. The van der Waals surface area contributed by atoms with E-state index in [1.807, 2.05) is 22.6 Å². The van der Waals surface area contributed by atoms with Crippen molar-refractivity contribution in [3.8, 4) is 0 Å². The predicted octanol–water partition coefficient (Wildman–Crippen LogP) is 3.13. The molecule has 1 amide bonds. The van der Waals surface area contributed by atoms with E-state index in [0.717, 1.165) is 26.1 Å². The molecule has 3 rings (SSSR count). The molecule has 0 radical (unpaired) electrons. The molecule has 0 N–H and O–H groups in total. The second kappa shape index (κ2) is 7.83. The summed E-state index contributed by atoms with van der Waals surface area (Å²) < 4.78 is 1.88. The van der Waals surface area contributed by atoms with Gasteiger partial charge in [0.2, 0.25) is 5.91 Å². The number of likely N-dealkylation sites (N-methyl/N-ethyl adjacent to an activating group) is 1. The number of amides is 1. The molecule has 1 saturated heterocycles. The van der Waals surface area contributed by atoms with Crippen LogP contribution in [-0.2, 0) is 4.79 Å². The molecule has 2 heterocycles. The van der Waals surface area contributed by atoms with Gasteiger partial charge >= 0.3 is 0 Å². The van der Waals surface area contributed by atoms with Crippen LogP contribution in [0.3, 0.4) is 0 Å². The number of nitrogens with zero attached hydrogens (tertiary/aromatic N) is 4. The Labute approximate surface area is 150 Å². The van der Waals surface area contributed by atoms with Crippen LogP contribution in [0.15, 0.2) is 49.1 Å². The lowest BCUT2D eigenvalue weighted by atomic mass is 10.1. The first-order valence-electron chi connectivity index (χ1n) is 9.18. The number of benzene rings is 1. The summed E-state index contributed by atoms with van der Waals surface area (Å²) in [6.45, 7) is 8.99. The average Bonchev–Trinajstić information content (AvgIpc) is 3.34. The lowest BCUT2D eigenvalue weighted by molar-refractivity contribution is -0.136. The van der Waals surface area contributed by atoms with E-state index in [9.17, 15) is 4.79 Å². The van der Waals surface area contributed by atoms with Crippen LogP contribution in [0.2, 0.25) is 0 Å². The van der Waals surface area contributed by atoms with Gasteiger partial charge in [-0.05, 0) is 32.8 Å². The zero-order valence-electron chi connectivity index (χ0n) is 15.4. The van der Waals surface area contributed by atoms with Gasteiger partial charge in [0.15, 0.2) is 0 Å². The minimum Gasteiger partial charge on any atom is -0.337 e. The Kier molecular flexibility index (Phi) is 5.53. The lowest BCUT2D eigenvalue weighted by Gasteiger charge is -2.32. The Morgan fingerprint density at radius 3 is 2.72 bits per heavy atom. The van der Waals surface area contributed by atoms with Gasteiger partial charge in [0.1, 0.15) is 6.04 Å². The van der Waals surface area contributed by atoms with Crippen LogP contribution in [0.25, 0.3) is 0 Å². The maximum absolute atomic E-state index is 13.0. The molecule has 134 valence electrons. The van der Waals surface area contributed by atoms with E-state index in [1.54, 1.807) is 12.5 Å². The van der Waals surface area contributed by atoms with Crippen molar-refractivity contribution in [2.24, 2.45) is 0 Å². The lowest BCUT2D eigenvalue weighted by Crippen LogP contribution is -2.44. The minimum atomic E-state index is -0.206. The quantitative estimate of drug-likeness (QED) is 0.811. The summed E-state index contributed by atoms with van der Waals surface area (Å²) in [6.07, 6.45) is 6.33. The summed E-state index contributed by atoms with van der Waals surface area (Å²) in [7, 11) is 0. The number of hydrogen-bond acceptors (Lipinski definition) is 3. The van der Waals surface area contributed by atoms with Gasteiger partial charge in [-0.1, -0.05) is 30.3 Å². The Bertz CT molecular complexity index is 670. The number of carbonyl (C=O) groups is 1. The molecule has 0 saturated carbocycles. The summed E-state index contributed by atoms with van der Waals surface area (Å²) in [5, 5.41) is 0. The number of carbonyl (C=O) groups excluding carboxylic acids is 1. The Hall–Kier alpha value is -2.14. The fraction of sp³-hybridized carbons (Fsp3) is 0.500. The number of hydrogen-bond donors (Lipinski definition) is 0. The second-order valence-corrected chi connectivity index (χ2v) is 6.83. The van der Waals surface area contributed by atoms with Gasteiger partial charge in [0, 0.05) is 44.1 Å². The van der Waals surface area contributed by atoms with Crippen molar-refractivity contribution in [3.63, 3.8) is 0 Å². The van der Waals surface area contributed by atoms with Crippen LogP contribution < -0.4 is 0 Å². The molecule has 5 nitrogen and oxygen atoms in total. The molecule has 1 aliphatic rings. The topological polar surface area (TPSA) is 41.4 Å². The van der Waals surface area contributed by atoms with Crippen molar-refractivity contribution in [2.75, 3.05) is 19.6 Å². The van der Waals surface area contributed by atoms with E-state index in [-0.39, 0.29) is 18.0 Å². The molecule has 1 fully saturated rings. The fourth-order valence-electron chi connectivity index (χ4n) is 3.78. The van der Waals surface area contributed by atoms with E-state index >= 15 is 0 Å². The van der Waals surface area contributed by atoms with Gasteiger partial charge in [-0.15, -0.1) is 0 Å². The maximum Gasteiger partial charge on any atom is 0.245 e. The number of likely N-dealkylation sites (tertiary alicyclic amines) is 1. The van der Waals surface area contributed by atoms with Crippen LogP contribution in [0, 0.1) is 0 Å². The molecule has 0 aliphatic carbocycles. The molecule has 3 atom stereocenters. The van der Waals surface area contributed by atoms with E-state index in [4.69, 9.17) is 0 Å². The molecule has 0 bridgehead atoms. The monoisotopic (exact) mass is 340 g/mol. The normalized spacial score (nSPS) is 20.4. The zero-order valence-corrected chi connectivity index (χ0v) is 15.4. The number of rotatable bonds is 6. The summed E-state index contributed by atoms with van der Waals surface area (Å²) >= 11 is 0. The summed E-state index contributed by atoms with van der Waals surface area (Å²) in [4.78, 5) is 21.6. The summed E-state index contributed by atoms with van der Waals surface area (Å²) in [6, 6.07) is 11.1. The minimum absolute atomic E-state index is 0.180. The van der Waals surface area contributed by atoms with Crippen LogP contribution in [-0.4, -0.2) is 50.9 Å². The van der Waals surface area contributed by atoms with Crippen molar-refractivity contribution < 1.29 is 4.79 Å². The molecule has 2 aromatic rings. The average molecular weight is 340 g/mol. The van der Waals surface area contributed by atoms with Gasteiger partial charge in [-0.25, -0.2) is 4.98 Å². The third-order valence-electron chi connectivity index (χ3n) is 5.42. The second-order valence-electron chi connectivity index (χ2n) is 6.83. The smallest absolute Gasteiger partial charge is 0.245 e. The molecular weight excluding hydrogens is 312 g/mol. The van der Waals surface area contributed by atoms with Crippen LogP contribution in [0.5, 0.6) is 0 Å². The van der Waals surface area contributed by atoms with Crippen molar-refractivity contribution in [1.29, 1.82) is 0 Å². The molecule has 5 heteroatoms. The van der Waals surface area contributed by atoms with Gasteiger partial charge < -0.3 is 9.47 Å². The number of aromatic nitrogens is 2. The first kappa shape index (κ1) is 17.7. The molecule has 1 aromatic heterocycles. The molecular formula is C20H28N4O. The molecule has 25 heavy (non-hydrogen) atoms. The highest BCUT2D eigenvalue weighted by Crippen LogP contribution is 2.27. The molecule has 3 unspecified atom stereocenters. The van der Waals surface area contributed by atoms with E-state index in [2.05, 4.69) is 54.1 Å². The molecule has 1 aliphatic heterocycles. The first-order valence-corrected chi connectivity index (χ1v) is 9.18. The van der Waals surface area contributed by atoms with Crippen molar-refractivity contribution in [2.45, 2.75) is 45.3 Å².